The van der Waals surface area contributed by atoms with E-state index in [4.69, 9.17) is 4.74 Å². The summed E-state index contributed by atoms with van der Waals surface area (Å²) in [5.74, 6) is 0.215. The highest BCUT2D eigenvalue weighted by molar-refractivity contribution is 5.81. The zero-order valence-electron chi connectivity index (χ0n) is 28.9. The van der Waals surface area contributed by atoms with E-state index < -0.39 is 17.3 Å². The van der Waals surface area contributed by atoms with E-state index in [-0.39, 0.29) is 23.9 Å². The summed E-state index contributed by atoms with van der Waals surface area (Å²) in [6.07, 6.45) is 3.17. The lowest BCUT2D eigenvalue weighted by Crippen LogP contribution is -2.49. The van der Waals surface area contributed by atoms with Crippen molar-refractivity contribution in [2.75, 3.05) is 58.3 Å². The van der Waals surface area contributed by atoms with Gasteiger partial charge in [0, 0.05) is 51.9 Å². The lowest BCUT2D eigenvalue weighted by molar-refractivity contribution is -0.136. The number of anilines is 1. The van der Waals surface area contributed by atoms with Crippen LogP contribution in [0, 0.1) is 0 Å². The van der Waals surface area contributed by atoms with Gasteiger partial charge in [0.2, 0.25) is 5.91 Å². The molecular formula is C36H52N6O5. The van der Waals surface area contributed by atoms with E-state index in [0.717, 1.165) is 37.3 Å². The number of benzene rings is 2. The predicted molar refractivity (Wildman–Crippen MR) is 186 cm³/mol. The number of aliphatic hydroxyl groups is 1. The minimum absolute atomic E-state index is 0.0907. The molecule has 0 saturated carbocycles. The van der Waals surface area contributed by atoms with Crippen LogP contribution in [0.25, 0.3) is 10.9 Å². The molecule has 0 radical (unpaired) electrons. The molecule has 11 heteroatoms. The largest absolute Gasteiger partial charge is 0.444 e. The number of hydrogen-bond donors (Lipinski definition) is 2. The number of fused-ring (bicyclic) bond motifs is 1. The van der Waals surface area contributed by atoms with Crippen LogP contribution in [-0.4, -0.2) is 101 Å². The molecule has 1 aromatic heterocycles. The van der Waals surface area contributed by atoms with E-state index in [9.17, 15) is 19.5 Å². The van der Waals surface area contributed by atoms with Gasteiger partial charge in [-0.05, 0) is 83.3 Å². The molecule has 2 N–H and O–H groups in total. The molecule has 11 nitrogen and oxygen atoms in total. The molecule has 3 aromatic rings. The smallest absolute Gasteiger partial charge is 0.407 e. The second-order valence-electron chi connectivity index (χ2n) is 14.0. The van der Waals surface area contributed by atoms with E-state index in [0.29, 0.717) is 49.8 Å². The SMILES string of the molecule is C[C@H](CC(=O)N1CCC(O)(Cn2cnc3cc(N(C)CCN(C)CCCNC(=O)OC(C)(C)C)ccc3c2=O)CC1)c1ccccc1. The van der Waals surface area contributed by atoms with Gasteiger partial charge in [0.15, 0.2) is 0 Å². The average molecular weight is 649 g/mol. The van der Waals surface area contributed by atoms with Crippen LogP contribution >= 0.6 is 0 Å². The van der Waals surface area contributed by atoms with Crippen LogP contribution in [0.2, 0.25) is 0 Å². The third-order valence-electron chi connectivity index (χ3n) is 8.81. The quantitative estimate of drug-likeness (QED) is 0.265. The summed E-state index contributed by atoms with van der Waals surface area (Å²) in [5.41, 5.74) is 0.928. The summed E-state index contributed by atoms with van der Waals surface area (Å²) in [6.45, 7) is 11.6. The zero-order chi connectivity index (χ0) is 34.2. The normalized spacial score (nSPS) is 15.4. The number of nitrogens with zero attached hydrogens (tertiary/aromatic N) is 5. The van der Waals surface area contributed by atoms with Gasteiger partial charge in [-0.1, -0.05) is 37.3 Å². The Hall–Kier alpha value is -3.96. The maximum absolute atomic E-state index is 13.4. The van der Waals surface area contributed by atoms with Crippen molar-refractivity contribution in [2.24, 2.45) is 0 Å². The standard InChI is InChI=1S/C36H52N6O5/c1-27(28-11-8-7-9-12-28)23-32(43)41-19-15-36(46,16-20-41)25-42-26-38-31-24-29(13-14-30(31)33(42)44)40(6)22-21-39(5)18-10-17-37-34(45)47-35(2,3)4/h7-9,11-14,24,26-27,46H,10,15-23,25H2,1-6H3,(H,37,45)/t27-/m1/s1. The Bertz CT molecular complexity index is 1540. The molecule has 2 amide bonds. The first-order valence-corrected chi connectivity index (χ1v) is 16.6. The molecule has 0 bridgehead atoms. The van der Waals surface area contributed by atoms with Gasteiger partial charge < -0.3 is 29.9 Å². The molecule has 256 valence electrons. The van der Waals surface area contributed by atoms with Gasteiger partial charge in [0.1, 0.15) is 5.60 Å². The number of hydrogen-bond acceptors (Lipinski definition) is 8. The lowest BCUT2D eigenvalue weighted by atomic mass is 9.90. The van der Waals surface area contributed by atoms with Crippen molar-refractivity contribution in [3.05, 3.63) is 70.8 Å². The molecule has 2 aromatic carbocycles. The van der Waals surface area contributed by atoms with Gasteiger partial charge in [-0.2, -0.15) is 0 Å². The minimum atomic E-state index is -1.08. The zero-order valence-corrected chi connectivity index (χ0v) is 28.9. The fourth-order valence-electron chi connectivity index (χ4n) is 5.85. The number of amides is 2. The maximum Gasteiger partial charge on any atom is 0.407 e. The van der Waals surface area contributed by atoms with E-state index in [1.807, 2.05) is 82.2 Å². The molecule has 1 aliphatic rings. The summed E-state index contributed by atoms with van der Waals surface area (Å²) in [4.78, 5) is 48.9. The van der Waals surface area contributed by atoms with Gasteiger partial charge in [0.25, 0.3) is 5.56 Å². The van der Waals surface area contributed by atoms with Crippen molar-refractivity contribution < 1.29 is 19.4 Å². The Morgan fingerprint density at radius 1 is 1.06 bits per heavy atom. The third kappa shape index (κ3) is 10.5. The Labute approximate surface area is 278 Å². The number of alkyl carbamates (subject to hydrolysis) is 1. The summed E-state index contributed by atoms with van der Waals surface area (Å²) in [6, 6.07) is 15.7. The third-order valence-corrected chi connectivity index (χ3v) is 8.81. The summed E-state index contributed by atoms with van der Waals surface area (Å²) in [5, 5.41) is 14.7. The first kappa shape index (κ1) is 35.9. The van der Waals surface area contributed by atoms with Crippen LogP contribution in [-0.2, 0) is 16.1 Å². The highest BCUT2D eigenvalue weighted by Gasteiger charge is 2.35. The number of rotatable bonds is 13. The molecule has 1 aliphatic heterocycles. The van der Waals surface area contributed by atoms with Crippen molar-refractivity contribution >= 4 is 28.6 Å². The van der Waals surface area contributed by atoms with Crippen LogP contribution in [0.1, 0.15) is 64.9 Å². The molecule has 1 saturated heterocycles. The van der Waals surface area contributed by atoms with Crippen molar-refractivity contribution in [2.45, 2.75) is 77.0 Å². The Kier molecular flexibility index (Phi) is 12.0. The van der Waals surface area contributed by atoms with Gasteiger partial charge in [0.05, 0.1) is 29.4 Å². The molecule has 0 aliphatic carbocycles. The second-order valence-corrected chi connectivity index (χ2v) is 14.0. The van der Waals surface area contributed by atoms with E-state index in [2.05, 4.69) is 27.0 Å². The predicted octanol–water partition coefficient (Wildman–Crippen LogP) is 4.23. The number of aromatic nitrogens is 2. The number of likely N-dealkylation sites (tertiary alicyclic amines) is 1. The van der Waals surface area contributed by atoms with Crippen LogP contribution in [0.15, 0.2) is 59.7 Å². The molecule has 0 spiro atoms. The molecule has 2 heterocycles. The van der Waals surface area contributed by atoms with Gasteiger partial charge in [-0.3, -0.25) is 14.2 Å². The fourth-order valence-corrected chi connectivity index (χ4v) is 5.85. The number of likely N-dealkylation sites (N-methyl/N-ethyl adjacent to an activating group) is 2. The van der Waals surface area contributed by atoms with E-state index in [1.165, 1.54) is 10.9 Å². The van der Waals surface area contributed by atoms with E-state index in [1.54, 1.807) is 6.07 Å². The number of carbonyl (C=O) groups excluding carboxylic acids is 2. The van der Waals surface area contributed by atoms with Crippen molar-refractivity contribution in [3.8, 4) is 0 Å². The highest BCUT2D eigenvalue weighted by Crippen LogP contribution is 2.27. The maximum atomic E-state index is 13.4. The monoisotopic (exact) mass is 648 g/mol. The molecule has 4 rings (SSSR count). The topological polar surface area (TPSA) is 120 Å². The van der Waals surface area contributed by atoms with Crippen molar-refractivity contribution in [3.63, 3.8) is 0 Å². The average Bonchev–Trinajstić information content (AvgIpc) is 3.03. The van der Waals surface area contributed by atoms with Crippen LogP contribution in [0.3, 0.4) is 0 Å². The number of ether oxygens (including phenoxy) is 1. The van der Waals surface area contributed by atoms with E-state index >= 15 is 0 Å². The Morgan fingerprint density at radius 2 is 1.77 bits per heavy atom. The lowest BCUT2D eigenvalue weighted by Gasteiger charge is -2.38. The van der Waals surface area contributed by atoms with Gasteiger partial charge >= 0.3 is 6.09 Å². The second kappa shape index (κ2) is 15.8. The minimum Gasteiger partial charge on any atom is -0.444 e. The Morgan fingerprint density at radius 3 is 2.45 bits per heavy atom. The number of nitrogens with one attached hydrogen (secondary N) is 1. The van der Waals surface area contributed by atoms with Gasteiger partial charge in [-0.25, -0.2) is 9.78 Å². The molecule has 1 fully saturated rings. The molecule has 0 unspecified atom stereocenters. The van der Waals surface area contributed by atoms with Crippen LogP contribution < -0.4 is 15.8 Å². The Balaban J connectivity index is 1.25. The van der Waals surface area contributed by atoms with Crippen LogP contribution in [0.5, 0.6) is 0 Å². The molecule has 1 atom stereocenters. The first-order chi connectivity index (χ1) is 22.2. The summed E-state index contributed by atoms with van der Waals surface area (Å²) >= 11 is 0. The summed E-state index contributed by atoms with van der Waals surface area (Å²) < 4.78 is 6.76. The molecule has 47 heavy (non-hydrogen) atoms. The van der Waals surface area contributed by atoms with Crippen molar-refractivity contribution in [1.29, 1.82) is 0 Å². The van der Waals surface area contributed by atoms with Crippen LogP contribution in [0.4, 0.5) is 10.5 Å². The van der Waals surface area contributed by atoms with Crippen molar-refractivity contribution in [1.82, 2.24) is 24.7 Å². The number of carbonyl (C=O) groups is 2. The first-order valence-electron chi connectivity index (χ1n) is 16.6. The van der Waals surface area contributed by atoms with Gasteiger partial charge in [-0.15, -0.1) is 0 Å². The molecular weight excluding hydrogens is 596 g/mol. The fraction of sp³-hybridized carbons (Fsp3) is 0.556. The number of piperidine rings is 1. The summed E-state index contributed by atoms with van der Waals surface area (Å²) in [7, 11) is 4.06. The highest BCUT2D eigenvalue weighted by atomic mass is 16.6.